The molecule has 124 valence electrons. The number of hydrogen-bond donors (Lipinski definition) is 1. The van der Waals surface area contributed by atoms with Crippen LogP contribution in [0.15, 0.2) is 59.7 Å². The smallest absolute Gasteiger partial charge is 0.302 e. The summed E-state index contributed by atoms with van der Waals surface area (Å²) in [7, 11) is 0. The number of Topliss-reactive ketones (excluding diaryl/α,β-unsaturated/α-hetero) is 1. The molecule has 0 aromatic heterocycles. The van der Waals surface area contributed by atoms with Crippen LogP contribution in [0.5, 0.6) is 11.5 Å². The average molecular weight is 334 g/mol. The molecule has 5 heteroatoms. The van der Waals surface area contributed by atoms with Gasteiger partial charge in [-0.1, -0.05) is 24.3 Å². The molecule has 3 aliphatic rings. The molecular formula is C20H14O5. The predicted molar refractivity (Wildman–Crippen MR) is 89.4 cm³/mol. The van der Waals surface area contributed by atoms with Gasteiger partial charge in [-0.2, -0.15) is 0 Å². The predicted octanol–water partition coefficient (Wildman–Crippen LogP) is 2.47. The minimum Gasteiger partial charge on any atom is -0.444 e. The van der Waals surface area contributed by atoms with Crippen LogP contribution < -0.4 is 9.47 Å². The normalized spacial score (nSPS) is 23.5. The molecule has 2 aliphatic carbocycles. The van der Waals surface area contributed by atoms with E-state index in [2.05, 4.69) is 0 Å². The van der Waals surface area contributed by atoms with E-state index in [1.165, 1.54) is 12.2 Å². The first-order chi connectivity index (χ1) is 12.1. The number of carbonyl (C=O) groups excluding carboxylic acids is 2. The summed E-state index contributed by atoms with van der Waals surface area (Å²) in [6.07, 6.45) is 2.19. The van der Waals surface area contributed by atoms with Gasteiger partial charge in [0.05, 0.1) is 17.1 Å². The Morgan fingerprint density at radius 2 is 1.72 bits per heavy atom. The van der Waals surface area contributed by atoms with Crippen LogP contribution in [0.4, 0.5) is 0 Å². The third kappa shape index (κ3) is 1.87. The lowest BCUT2D eigenvalue weighted by molar-refractivity contribution is -0.126. The zero-order valence-corrected chi connectivity index (χ0v) is 13.2. The summed E-state index contributed by atoms with van der Waals surface area (Å²) in [5.41, 5.74) is 0.204. The van der Waals surface area contributed by atoms with Crippen LogP contribution in [0.2, 0.25) is 0 Å². The second-order valence-electron chi connectivity index (χ2n) is 6.45. The highest BCUT2D eigenvalue weighted by molar-refractivity contribution is 6.15. The Balaban J connectivity index is 1.76. The Labute approximate surface area is 143 Å². The van der Waals surface area contributed by atoms with Crippen LogP contribution in [-0.2, 0) is 9.59 Å². The summed E-state index contributed by atoms with van der Waals surface area (Å²) in [6.45, 7) is 0. The van der Waals surface area contributed by atoms with Gasteiger partial charge in [-0.25, -0.2) is 0 Å². The number of hydrogen-bond acceptors (Lipinski definition) is 5. The van der Waals surface area contributed by atoms with Gasteiger partial charge in [-0.15, -0.1) is 0 Å². The largest absolute Gasteiger partial charge is 0.444 e. The van der Waals surface area contributed by atoms with E-state index in [-0.39, 0.29) is 35.6 Å². The summed E-state index contributed by atoms with van der Waals surface area (Å²) < 4.78 is 12.2. The molecule has 5 rings (SSSR count). The number of benzene rings is 2. The van der Waals surface area contributed by atoms with Gasteiger partial charge < -0.3 is 14.6 Å². The molecule has 1 spiro atoms. The Kier molecular flexibility index (Phi) is 2.77. The van der Waals surface area contributed by atoms with Gasteiger partial charge >= 0.3 is 5.79 Å². The molecule has 0 saturated carbocycles. The third-order valence-electron chi connectivity index (χ3n) is 4.95. The second-order valence-corrected chi connectivity index (χ2v) is 6.45. The Hall–Kier alpha value is -2.92. The van der Waals surface area contributed by atoms with Crippen LogP contribution in [-0.4, -0.2) is 28.6 Å². The average Bonchev–Trinajstić information content (AvgIpc) is 2.61. The minimum absolute atomic E-state index is 0.0882. The van der Waals surface area contributed by atoms with Crippen LogP contribution in [0.25, 0.3) is 10.8 Å². The summed E-state index contributed by atoms with van der Waals surface area (Å²) in [6, 6.07) is 11.3. The van der Waals surface area contributed by atoms with E-state index in [4.69, 9.17) is 9.47 Å². The second kappa shape index (κ2) is 4.80. The highest BCUT2D eigenvalue weighted by Gasteiger charge is 2.51. The number of aliphatic hydroxyl groups is 1. The molecule has 5 nitrogen and oxygen atoms in total. The maximum atomic E-state index is 12.6. The summed E-state index contributed by atoms with van der Waals surface area (Å²) in [5.74, 6) is -0.948. The number of carbonyl (C=O) groups is 2. The van der Waals surface area contributed by atoms with E-state index < -0.39 is 11.9 Å². The van der Waals surface area contributed by atoms with Gasteiger partial charge in [0.2, 0.25) is 0 Å². The maximum Gasteiger partial charge on any atom is 0.302 e. The third-order valence-corrected chi connectivity index (χ3v) is 4.95. The molecule has 0 amide bonds. The van der Waals surface area contributed by atoms with Crippen molar-refractivity contribution in [1.82, 2.24) is 0 Å². The van der Waals surface area contributed by atoms with E-state index in [9.17, 15) is 14.7 Å². The number of ether oxygens (including phenoxy) is 2. The quantitative estimate of drug-likeness (QED) is 0.801. The van der Waals surface area contributed by atoms with Crippen molar-refractivity contribution in [3.8, 4) is 11.5 Å². The fourth-order valence-electron chi connectivity index (χ4n) is 3.84. The van der Waals surface area contributed by atoms with E-state index in [0.717, 1.165) is 10.8 Å². The van der Waals surface area contributed by atoms with E-state index in [0.29, 0.717) is 11.5 Å². The first-order valence-electron chi connectivity index (χ1n) is 8.18. The fraction of sp³-hybridized carbons (Fsp3) is 0.200. The van der Waals surface area contributed by atoms with Crippen LogP contribution in [0.1, 0.15) is 12.8 Å². The van der Waals surface area contributed by atoms with Gasteiger partial charge in [0, 0.05) is 18.1 Å². The van der Waals surface area contributed by atoms with E-state index >= 15 is 0 Å². The van der Waals surface area contributed by atoms with Crippen molar-refractivity contribution in [2.24, 2.45) is 0 Å². The SMILES string of the molecule is O=C1C=CC2(Oc3cccc4cccc(c34)O2)C2=C1[C@@H](O)CCC2=O. The molecule has 0 saturated heterocycles. The van der Waals surface area contributed by atoms with Crippen molar-refractivity contribution in [2.75, 3.05) is 0 Å². The lowest BCUT2D eigenvalue weighted by Crippen LogP contribution is -2.51. The summed E-state index contributed by atoms with van der Waals surface area (Å²) >= 11 is 0. The zero-order valence-electron chi connectivity index (χ0n) is 13.2. The number of fused-ring (bicyclic) bond motifs is 1. The molecule has 1 aliphatic heterocycles. The number of aliphatic hydroxyl groups excluding tert-OH is 1. The molecule has 1 heterocycles. The topological polar surface area (TPSA) is 72.8 Å². The monoisotopic (exact) mass is 334 g/mol. The van der Waals surface area contributed by atoms with Crippen LogP contribution in [0.3, 0.4) is 0 Å². The number of rotatable bonds is 0. The molecule has 0 bridgehead atoms. The van der Waals surface area contributed by atoms with E-state index in [1.807, 2.05) is 36.4 Å². The molecule has 0 unspecified atom stereocenters. The van der Waals surface area contributed by atoms with Crippen molar-refractivity contribution in [3.63, 3.8) is 0 Å². The molecule has 2 aromatic carbocycles. The molecule has 1 atom stereocenters. The Bertz CT molecular complexity index is 973. The fourth-order valence-corrected chi connectivity index (χ4v) is 3.84. The summed E-state index contributed by atoms with van der Waals surface area (Å²) in [5, 5.41) is 12.1. The lowest BCUT2D eigenvalue weighted by Gasteiger charge is -2.41. The van der Waals surface area contributed by atoms with Crippen LogP contribution >= 0.6 is 0 Å². The van der Waals surface area contributed by atoms with Crippen molar-refractivity contribution in [1.29, 1.82) is 0 Å². The highest BCUT2D eigenvalue weighted by Crippen LogP contribution is 2.47. The van der Waals surface area contributed by atoms with Gasteiger partial charge in [0.15, 0.2) is 11.6 Å². The molecule has 25 heavy (non-hydrogen) atoms. The first-order valence-corrected chi connectivity index (χ1v) is 8.18. The zero-order chi connectivity index (χ0) is 17.2. The Morgan fingerprint density at radius 3 is 2.40 bits per heavy atom. The standard InChI is InChI=1S/C20H14O5/c21-12-7-8-14(23)19-18(12)13(22)9-10-20(19)24-15-5-1-3-11-4-2-6-16(25-20)17(11)15/h1-6,9-10,12,21H,7-8H2/t12-/m0/s1. The van der Waals surface area contributed by atoms with E-state index in [1.54, 1.807) is 0 Å². The highest BCUT2D eigenvalue weighted by atomic mass is 16.7. The minimum atomic E-state index is -1.51. The van der Waals surface area contributed by atoms with Gasteiger partial charge in [0.25, 0.3) is 0 Å². The molecule has 2 aromatic rings. The Morgan fingerprint density at radius 1 is 1.04 bits per heavy atom. The maximum absolute atomic E-state index is 12.6. The van der Waals surface area contributed by atoms with Crippen molar-refractivity contribution in [2.45, 2.75) is 24.7 Å². The molecule has 0 fully saturated rings. The summed E-state index contributed by atoms with van der Waals surface area (Å²) in [4.78, 5) is 24.9. The first kappa shape index (κ1) is 14.4. The number of allylic oxidation sites excluding steroid dienone is 1. The molecular weight excluding hydrogens is 320 g/mol. The van der Waals surface area contributed by atoms with Crippen molar-refractivity contribution < 1.29 is 24.2 Å². The van der Waals surface area contributed by atoms with Gasteiger partial charge in [-0.05, 0) is 30.0 Å². The molecule has 1 N–H and O–H groups in total. The lowest BCUT2D eigenvalue weighted by atomic mass is 9.78. The van der Waals surface area contributed by atoms with Crippen molar-refractivity contribution in [3.05, 3.63) is 59.7 Å². The van der Waals surface area contributed by atoms with Crippen molar-refractivity contribution >= 4 is 22.3 Å². The number of ketones is 2. The van der Waals surface area contributed by atoms with Gasteiger partial charge in [0.1, 0.15) is 11.5 Å². The van der Waals surface area contributed by atoms with Crippen LogP contribution in [0, 0.1) is 0 Å². The molecule has 0 radical (unpaired) electrons. The van der Waals surface area contributed by atoms with Gasteiger partial charge in [-0.3, -0.25) is 9.59 Å².